The smallest absolute Gasteiger partial charge is 0.340 e. The SMILES string of the molecule is CCCCOC(=O)c1ccccc1NS(=O)[O-].[Na]. The Morgan fingerprint density at radius 3 is 2.72 bits per heavy atom. The Morgan fingerprint density at radius 2 is 2.11 bits per heavy atom. The molecule has 0 amide bonds. The molecular formula is C11H14NNaO4S-. The monoisotopic (exact) mass is 279 g/mol. The van der Waals surface area contributed by atoms with Crippen LogP contribution < -0.4 is 4.72 Å². The number of hydrogen-bond acceptors (Lipinski definition) is 4. The van der Waals surface area contributed by atoms with Crippen molar-refractivity contribution in [2.24, 2.45) is 0 Å². The van der Waals surface area contributed by atoms with E-state index in [9.17, 15) is 13.6 Å². The quantitative estimate of drug-likeness (QED) is 0.370. The van der Waals surface area contributed by atoms with E-state index in [0.29, 0.717) is 6.61 Å². The molecule has 95 valence electrons. The standard InChI is InChI=1S/C11H15NO4S.Na/c1-2-3-8-16-11(13)9-6-4-5-7-10(9)12-17(14)15;/h4-7,12H,2-3,8H2,1H3,(H,14,15);/p-1. The van der Waals surface area contributed by atoms with Gasteiger partial charge in [-0.2, -0.15) is 0 Å². The van der Waals surface area contributed by atoms with Crippen molar-refractivity contribution in [3.05, 3.63) is 29.8 Å². The maximum atomic E-state index is 11.7. The van der Waals surface area contributed by atoms with Gasteiger partial charge in [-0.3, -0.25) is 4.21 Å². The zero-order chi connectivity index (χ0) is 12.7. The van der Waals surface area contributed by atoms with Crippen LogP contribution in [0.2, 0.25) is 0 Å². The average Bonchev–Trinajstić information content (AvgIpc) is 2.29. The summed E-state index contributed by atoms with van der Waals surface area (Å²) in [5.74, 6) is -0.521. The summed E-state index contributed by atoms with van der Waals surface area (Å²) in [6.45, 7) is 2.33. The Hall–Kier alpha value is -0.400. The van der Waals surface area contributed by atoms with Gasteiger partial charge in [-0.1, -0.05) is 25.5 Å². The Labute approximate surface area is 131 Å². The molecule has 0 aliphatic rings. The maximum absolute atomic E-state index is 11.7. The molecular weight excluding hydrogens is 265 g/mol. The summed E-state index contributed by atoms with van der Waals surface area (Å²) in [5, 5.41) is 0. The number of rotatable bonds is 6. The molecule has 18 heavy (non-hydrogen) atoms. The predicted molar refractivity (Wildman–Crippen MR) is 69.9 cm³/mol. The number of unbranched alkanes of at least 4 members (excludes halogenated alkanes) is 1. The third-order valence-corrected chi connectivity index (χ3v) is 2.46. The fraction of sp³-hybridized carbons (Fsp3) is 0.364. The summed E-state index contributed by atoms with van der Waals surface area (Å²) in [7, 11) is 0. The minimum absolute atomic E-state index is 0. The first-order valence-electron chi connectivity index (χ1n) is 5.27. The van der Waals surface area contributed by atoms with Crippen molar-refractivity contribution in [1.29, 1.82) is 0 Å². The second kappa shape index (κ2) is 9.52. The summed E-state index contributed by atoms with van der Waals surface area (Å²) in [4.78, 5) is 11.7. The molecule has 1 aromatic carbocycles. The Morgan fingerprint density at radius 1 is 1.44 bits per heavy atom. The van der Waals surface area contributed by atoms with E-state index < -0.39 is 17.2 Å². The van der Waals surface area contributed by atoms with Gasteiger partial charge in [-0.25, -0.2) is 4.79 Å². The maximum Gasteiger partial charge on any atom is 0.340 e. The van der Waals surface area contributed by atoms with Gasteiger partial charge in [0.15, 0.2) is 0 Å². The van der Waals surface area contributed by atoms with E-state index in [-0.39, 0.29) is 40.8 Å². The van der Waals surface area contributed by atoms with Gasteiger partial charge in [0.25, 0.3) is 0 Å². The van der Waals surface area contributed by atoms with E-state index in [0.717, 1.165) is 12.8 Å². The van der Waals surface area contributed by atoms with E-state index in [1.54, 1.807) is 12.1 Å². The van der Waals surface area contributed by atoms with Crippen molar-refractivity contribution in [1.82, 2.24) is 0 Å². The molecule has 1 atom stereocenters. The van der Waals surface area contributed by atoms with Gasteiger partial charge in [-0.15, -0.1) is 0 Å². The van der Waals surface area contributed by atoms with Crippen LogP contribution in [0.4, 0.5) is 5.69 Å². The van der Waals surface area contributed by atoms with Gasteiger partial charge in [-0.05, 0) is 18.6 Å². The van der Waals surface area contributed by atoms with E-state index >= 15 is 0 Å². The Kier molecular flexibility index (Phi) is 9.31. The molecule has 0 spiro atoms. The average molecular weight is 279 g/mol. The van der Waals surface area contributed by atoms with E-state index in [4.69, 9.17) is 4.74 Å². The first-order chi connectivity index (χ1) is 8.15. The predicted octanol–water partition coefficient (Wildman–Crippen LogP) is 1.47. The molecule has 0 heterocycles. The number of carbonyl (C=O) groups is 1. The summed E-state index contributed by atoms with van der Waals surface area (Å²) in [5.41, 5.74) is 0.440. The Bertz CT molecular complexity index is 414. The zero-order valence-electron chi connectivity index (χ0n) is 10.5. The zero-order valence-corrected chi connectivity index (χ0v) is 13.3. The van der Waals surface area contributed by atoms with Crippen molar-refractivity contribution in [2.45, 2.75) is 19.8 Å². The number of ether oxygens (including phenoxy) is 1. The number of nitrogens with one attached hydrogen (secondary N) is 1. The minimum Gasteiger partial charge on any atom is -0.755 e. The topological polar surface area (TPSA) is 78.5 Å². The van der Waals surface area contributed by atoms with Crippen LogP contribution in [-0.2, 0) is 16.0 Å². The summed E-state index contributed by atoms with van der Waals surface area (Å²) < 4.78 is 28.3. The van der Waals surface area contributed by atoms with Crippen molar-refractivity contribution < 1.29 is 18.3 Å². The molecule has 0 bridgehead atoms. The summed E-state index contributed by atoms with van der Waals surface area (Å²) in [6.07, 6.45) is 1.71. The molecule has 0 aliphatic heterocycles. The molecule has 1 rings (SSSR count). The molecule has 0 aromatic heterocycles. The largest absolute Gasteiger partial charge is 0.755 e. The number of anilines is 1. The second-order valence-electron chi connectivity index (χ2n) is 3.37. The van der Waals surface area contributed by atoms with Crippen LogP contribution in [0.5, 0.6) is 0 Å². The molecule has 7 heteroatoms. The first-order valence-corrected chi connectivity index (χ1v) is 6.34. The van der Waals surface area contributed by atoms with Crippen molar-refractivity contribution in [3.63, 3.8) is 0 Å². The molecule has 0 saturated heterocycles. The minimum atomic E-state index is -2.46. The van der Waals surface area contributed by atoms with E-state index in [2.05, 4.69) is 4.72 Å². The van der Waals surface area contributed by atoms with Crippen LogP contribution >= 0.6 is 0 Å². The van der Waals surface area contributed by atoms with Crippen LogP contribution in [0, 0.1) is 0 Å². The molecule has 0 aliphatic carbocycles. The van der Waals surface area contributed by atoms with Crippen LogP contribution in [-0.4, -0.2) is 50.9 Å². The molecule has 1 unspecified atom stereocenters. The van der Waals surface area contributed by atoms with E-state index in [1.165, 1.54) is 12.1 Å². The van der Waals surface area contributed by atoms with Gasteiger partial charge in [0.1, 0.15) is 0 Å². The van der Waals surface area contributed by atoms with Gasteiger partial charge in [0.05, 0.1) is 17.9 Å². The fourth-order valence-corrected chi connectivity index (χ4v) is 1.58. The summed E-state index contributed by atoms with van der Waals surface area (Å²) in [6, 6.07) is 6.31. The normalized spacial score (nSPS) is 11.2. The van der Waals surface area contributed by atoms with Gasteiger partial charge < -0.3 is 14.0 Å². The third kappa shape index (κ3) is 5.97. The molecule has 0 saturated carbocycles. The van der Waals surface area contributed by atoms with Crippen LogP contribution in [0.15, 0.2) is 24.3 Å². The number of hydrogen-bond donors (Lipinski definition) is 1. The van der Waals surface area contributed by atoms with Crippen molar-refractivity contribution in [2.75, 3.05) is 11.3 Å². The van der Waals surface area contributed by atoms with Crippen molar-refractivity contribution in [3.8, 4) is 0 Å². The van der Waals surface area contributed by atoms with Gasteiger partial charge in [0, 0.05) is 40.8 Å². The second-order valence-corrected chi connectivity index (χ2v) is 4.05. The van der Waals surface area contributed by atoms with Crippen LogP contribution in [0.1, 0.15) is 30.1 Å². The molecule has 1 radical (unpaired) electrons. The Balaban J connectivity index is 0.00000289. The van der Waals surface area contributed by atoms with Crippen LogP contribution in [0.3, 0.4) is 0 Å². The summed E-state index contributed by atoms with van der Waals surface area (Å²) >= 11 is -2.46. The van der Waals surface area contributed by atoms with E-state index in [1.807, 2.05) is 6.92 Å². The van der Waals surface area contributed by atoms with Crippen molar-refractivity contribution >= 4 is 52.5 Å². The molecule has 1 aromatic rings. The molecule has 1 N–H and O–H groups in total. The molecule has 5 nitrogen and oxygen atoms in total. The third-order valence-electron chi connectivity index (χ3n) is 2.07. The fourth-order valence-electron chi connectivity index (χ4n) is 1.23. The number of benzene rings is 1. The number of esters is 1. The van der Waals surface area contributed by atoms with Gasteiger partial charge in [0.2, 0.25) is 0 Å². The van der Waals surface area contributed by atoms with Crippen LogP contribution in [0.25, 0.3) is 0 Å². The first kappa shape index (κ1) is 17.6. The molecule has 0 fully saturated rings. The van der Waals surface area contributed by atoms with Gasteiger partial charge >= 0.3 is 5.97 Å². The number of carbonyl (C=O) groups excluding carboxylic acids is 1. The number of para-hydroxylation sites is 1.